The average molecular weight is 405 g/mol. The fourth-order valence-electron chi connectivity index (χ4n) is 2.95. The summed E-state index contributed by atoms with van der Waals surface area (Å²) in [6.45, 7) is 2.20. The molecule has 0 unspecified atom stereocenters. The number of carbonyl (C=O) groups excluding carboxylic acids is 1. The molecule has 0 saturated heterocycles. The Labute approximate surface area is 152 Å². The number of aromatic nitrogens is 4. The fourth-order valence-corrected chi connectivity index (χ4v) is 3.40. The van der Waals surface area contributed by atoms with E-state index >= 15 is 0 Å². The summed E-state index contributed by atoms with van der Waals surface area (Å²) in [6.07, 6.45) is 4.53. The van der Waals surface area contributed by atoms with Crippen LogP contribution in [0.25, 0.3) is 16.6 Å². The third kappa shape index (κ3) is 2.80. The van der Waals surface area contributed by atoms with Crippen molar-refractivity contribution in [2.24, 2.45) is 5.92 Å². The number of hydrogen-bond acceptors (Lipinski definition) is 5. The van der Waals surface area contributed by atoms with Crippen molar-refractivity contribution in [2.45, 2.75) is 19.4 Å². The van der Waals surface area contributed by atoms with E-state index in [1.54, 1.807) is 16.5 Å². The Hall–Kier alpha value is -2.35. The molecule has 0 radical (unpaired) electrons. The van der Waals surface area contributed by atoms with Crippen molar-refractivity contribution >= 4 is 32.8 Å². The van der Waals surface area contributed by atoms with Crippen LogP contribution in [0, 0.1) is 5.92 Å². The van der Waals surface area contributed by atoms with Gasteiger partial charge in [0.1, 0.15) is 5.69 Å². The number of halogens is 1. The lowest BCUT2D eigenvalue weighted by molar-refractivity contribution is -0.145. The maximum absolute atomic E-state index is 11.9. The van der Waals surface area contributed by atoms with Gasteiger partial charge in [0.25, 0.3) is 5.88 Å². The van der Waals surface area contributed by atoms with Gasteiger partial charge in [0, 0.05) is 16.1 Å². The molecule has 8 heteroatoms. The number of rotatable bonds is 5. The number of esters is 1. The minimum absolute atomic E-state index is 0.0124. The Morgan fingerprint density at radius 2 is 2.20 bits per heavy atom. The van der Waals surface area contributed by atoms with Crippen molar-refractivity contribution in [3.63, 3.8) is 0 Å². The van der Waals surface area contributed by atoms with E-state index in [4.69, 9.17) is 9.47 Å². The summed E-state index contributed by atoms with van der Waals surface area (Å²) in [5.74, 6) is 0.166. The summed E-state index contributed by atoms with van der Waals surface area (Å²) in [7, 11) is 1.57. The molecule has 1 aromatic carbocycles. The normalized spacial score (nSPS) is 19.2. The Bertz CT molecular complexity index is 949. The largest absolute Gasteiger partial charge is 0.478 e. The topological polar surface area (TPSA) is 71.2 Å². The molecule has 0 aliphatic heterocycles. The van der Waals surface area contributed by atoms with Crippen molar-refractivity contribution in [3.8, 4) is 11.6 Å². The highest BCUT2D eigenvalue weighted by Crippen LogP contribution is 2.44. The van der Waals surface area contributed by atoms with Crippen molar-refractivity contribution in [1.82, 2.24) is 19.6 Å². The summed E-state index contributed by atoms with van der Waals surface area (Å²) in [5, 5.41) is 10.1. The standard InChI is InChI=1S/C17H17BrN4O3/c1-3-25-17(23)10-7-14(10)22-9-15(16(20-22)24-2)21-8-11-12(18)5-4-6-13(11)19-21/h4-6,8-10,14H,3,7H2,1-2H3/t10-,14-/m1/s1. The minimum atomic E-state index is -0.169. The molecular formula is C17H17BrN4O3. The van der Waals surface area contributed by atoms with Crippen LogP contribution < -0.4 is 4.74 Å². The van der Waals surface area contributed by atoms with Crippen molar-refractivity contribution in [2.75, 3.05) is 13.7 Å². The van der Waals surface area contributed by atoms with E-state index in [-0.39, 0.29) is 17.9 Å². The Kier molecular flexibility index (Phi) is 3.99. The van der Waals surface area contributed by atoms with E-state index in [0.29, 0.717) is 12.5 Å². The molecule has 2 atom stereocenters. The van der Waals surface area contributed by atoms with Crippen LogP contribution in [-0.2, 0) is 9.53 Å². The molecule has 1 aliphatic carbocycles. The smallest absolute Gasteiger partial charge is 0.311 e. The predicted molar refractivity (Wildman–Crippen MR) is 94.9 cm³/mol. The van der Waals surface area contributed by atoms with E-state index in [1.807, 2.05) is 37.5 Å². The van der Waals surface area contributed by atoms with Gasteiger partial charge in [0.2, 0.25) is 0 Å². The van der Waals surface area contributed by atoms with Gasteiger partial charge in [-0.15, -0.1) is 5.10 Å². The quantitative estimate of drug-likeness (QED) is 0.610. The zero-order chi connectivity index (χ0) is 17.6. The monoisotopic (exact) mass is 404 g/mol. The first-order chi connectivity index (χ1) is 12.1. The van der Waals surface area contributed by atoms with Crippen LogP contribution in [0.4, 0.5) is 0 Å². The SMILES string of the molecule is CCOC(=O)[C@@H]1C[C@H]1n1cc(-n2cc3c(Br)cccc3n2)c(OC)n1. The molecule has 0 bridgehead atoms. The molecule has 0 spiro atoms. The predicted octanol–water partition coefficient (Wildman–Crippen LogP) is 3.12. The van der Waals surface area contributed by atoms with Gasteiger partial charge in [0.15, 0.2) is 0 Å². The summed E-state index contributed by atoms with van der Waals surface area (Å²) in [6, 6.07) is 5.88. The van der Waals surface area contributed by atoms with Crippen molar-refractivity contribution < 1.29 is 14.3 Å². The number of carbonyl (C=O) groups is 1. The molecule has 4 rings (SSSR count). The Morgan fingerprint density at radius 3 is 2.92 bits per heavy atom. The van der Waals surface area contributed by atoms with Crippen LogP contribution in [0.15, 0.2) is 35.1 Å². The number of nitrogens with zero attached hydrogens (tertiary/aromatic N) is 4. The highest BCUT2D eigenvalue weighted by molar-refractivity contribution is 9.10. The van der Waals surface area contributed by atoms with Gasteiger partial charge in [0.05, 0.1) is 37.4 Å². The number of hydrogen-bond donors (Lipinski definition) is 0. The Morgan fingerprint density at radius 1 is 1.36 bits per heavy atom. The number of benzene rings is 1. The average Bonchev–Trinajstić information content (AvgIpc) is 3.09. The van der Waals surface area contributed by atoms with Gasteiger partial charge < -0.3 is 9.47 Å². The lowest BCUT2D eigenvalue weighted by Gasteiger charge is -2.00. The van der Waals surface area contributed by atoms with E-state index < -0.39 is 0 Å². The zero-order valence-electron chi connectivity index (χ0n) is 13.8. The lowest BCUT2D eigenvalue weighted by atomic mass is 10.3. The fraction of sp³-hybridized carbons (Fsp3) is 0.353. The molecule has 0 N–H and O–H groups in total. The molecule has 3 aromatic rings. The molecule has 2 heterocycles. The first-order valence-corrected chi connectivity index (χ1v) is 8.85. The summed E-state index contributed by atoms with van der Waals surface area (Å²) in [5.41, 5.74) is 1.61. The summed E-state index contributed by atoms with van der Waals surface area (Å²) < 4.78 is 15.0. The zero-order valence-corrected chi connectivity index (χ0v) is 15.4. The molecule has 1 fully saturated rings. The molecule has 0 amide bonds. The van der Waals surface area contributed by atoms with Crippen LogP contribution in [0.5, 0.6) is 5.88 Å². The van der Waals surface area contributed by atoms with Crippen LogP contribution in [0.3, 0.4) is 0 Å². The second-order valence-corrected chi connectivity index (χ2v) is 6.77. The number of ether oxygens (including phenoxy) is 2. The molecule has 7 nitrogen and oxygen atoms in total. The van der Waals surface area contributed by atoms with Crippen molar-refractivity contribution in [3.05, 3.63) is 35.1 Å². The van der Waals surface area contributed by atoms with E-state index in [0.717, 1.165) is 27.5 Å². The second-order valence-electron chi connectivity index (χ2n) is 5.91. The maximum atomic E-state index is 11.9. The van der Waals surface area contributed by atoms with Gasteiger partial charge >= 0.3 is 5.97 Å². The van der Waals surface area contributed by atoms with Crippen LogP contribution in [-0.4, -0.2) is 39.2 Å². The van der Waals surface area contributed by atoms with Crippen LogP contribution in [0.1, 0.15) is 19.4 Å². The van der Waals surface area contributed by atoms with E-state index in [1.165, 1.54) is 0 Å². The first kappa shape index (κ1) is 16.1. The van der Waals surface area contributed by atoms with Crippen molar-refractivity contribution in [1.29, 1.82) is 0 Å². The third-order valence-electron chi connectivity index (χ3n) is 4.30. The van der Waals surface area contributed by atoms with E-state index in [9.17, 15) is 4.79 Å². The number of methoxy groups -OCH3 is 1. The lowest BCUT2D eigenvalue weighted by Crippen LogP contribution is -2.09. The van der Waals surface area contributed by atoms with Crippen LogP contribution in [0.2, 0.25) is 0 Å². The molecule has 130 valence electrons. The number of fused-ring (bicyclic) bond motifs is 1. The molecular weight excluding hydrogens is 388 g/mol. The van der Waals surface area contributed by atoms with E-state index in [2.05, 4.69) is 26.1 Å². The van der Waals surface area contributed by atoms with Gasteiger partial charge in [-0.25, -0.2) is 4.68 Å². The third-order valence-corrected chi connectivity index (χ3v) is 4.99. The summed E-state index contributed by atoms with van der Waals surface area (Å²) in [4.78, 5) is 11.9. The second kappa shape index (κ2) is 6.18. The van der Waals surface area contributed by atoms with Gasteiger partial charge in [-0.1, -0.05) is 22.0 Å². The van der Waals surface area contributed by atoms with Gasteiger partial charge in [-0.3, -0.25) is 9.48 Å². The maximum Gasteiger partial charge on any atom is 0.311 e. The highest BCUT2D eigenvalue weighted by atomic mass is 79.9. The van der Waals surface area contributed by atoms with Crippen LogP contribution >= 0.6 is 15.9 Å². The minimum Gasteiger partial charge on any atom is -0.478 e. The Balaban J connectivity index is 1.67. The molecule has 1 aliphatic rings. The van der Waals surface area contributed by atoms with Gasteiger partial charge in [-0.05, 0) is 25.5 Å². The first-order valence-electron chi connectivity index (χ1n) is 8.06. The highest BCUT2D eigenvalue weighted by Gasteiger charge is 2.46. The van der Waals surface area contributed by atoms with Gasteiger partial charge in [-0.2, -0.15) is 5.10 Å². The molecule has 1 saturated carbocycles. The molecule has 2 aromatic heterocycles. The summed E-state index contributed by atoms with van der Waals surface area (Å²) >= 11 is 3.54. The molecule has 25 heavy (non-hydrogen) atoms.